The first-order valence-electron chi connectivity index (χ1n) is 13.7. The Balaban J connectivity index is 1.25. The number of hydrogen-bond acceptors (Lipinski definition) is 2. The summed E-state index contributed by atoms with van der Waals surface area (Å²) in [5.74, 6) is 0.808. The van der Waals surface area contributed by atoms with Crippen LogP contribution in [0.25, 0.3) is 11.1 Å². The topological polar surface area (TPSA) is 41.1 Å². The number of fused-ring (bicyclic) bond motifs is 4. The minimum Gasteiger partial charge on any atom is -0.388 e. The highest BCUT2D eigenvalue weighted by Crippen LogP contribution is 2.51. The first kappa shape index (κ1) is 23.1. The molecule has 0 bridgehead atoms. The van der Waals surface area contributed by atoms with Gasteiger partial charge in [-0.1, -0.05) is 91.7 Å². The lowest BCUT2D eigenvalue weighted by molar-refractivity contribution is -0.125. The SMILES string of the molecule is O=C(NCCC1=CNC2CCCCC12)C1(CCCc2ccccc2)c2ccccc2-c2ccccc21. The maximum atomic E-state index is 14.2. The number of benzene rings is 3. The molecule has 2 atom stereocenters. The van der Waals surface area contributed by atoms with Gasteiger partial charge in [-0.15, -0.1) is 0 Å². The van der Waals surface area contributed by atoms with Crippen molar-refractivity contribution in [3.63, 3.8) is 0 Å². The Morgan fingerprint density at radius 3 is 2.25 bits per heavy atom. The van der Waals surface area contributed by atoms with Crippen LogP contribution in [0.3, 0.4) is 0 Å². The summed E-state index contributed by atoms with van der Waals surface area (Å²) in [6, 6.07) is 28.3. The first-order chi connectivity index (χ1) is 17.8. The van der Waals surface area contributed by atoms with Gasteiger partial charge in [0.2, 0.25) is 5.91 Å². The molecule has 0 saturated heterocycles. The number of aryl methyl sites for hydroxylation is 1. The summed E-state index contributed by atoms with van der Waals surface area (Å²) in [4.78, 5) is 14.2. The Hall–Kier alpha value is -3.33. The molecule has 3 aliphatic rings. The molecule has 1 saturated carbocycles. The molecule has 1 fully saturated rings. The quantitative estimate of drug-likeness (QED) is 0.388. The van der Waals surface area contributed by atoms with Crippen molar-refractivity contribution in [2.75, 3.05) is 6.54 Å². The molecular weight excluding hydrogens is 440 g/mol. The van der Waals surface area contributed by atoms with Gasteiger partial charge in [0.25, 0.3) is 0 Å². The Bertz CT molecular complexity index is 1220. The lowest BCUT2D eigenvalue weighted by Gasteiger charge is -2.31. The van der Waals surface area contributed by atoms with Gasteiger partial charge < -0.3 is 10.6 Å². The number of carbonyl (C=O) groups is 1. The molecule has 3 heteroatoms. The summed E-state index contributed by atoms with van der Waals surface area (Å²) in [6.45, 7) is 0.695. The van der Waals surface area contributed by atoms with E-state index in [0.717, 1.165) is 36.8 Å². The zero-order chi connectivity index (χ0) is 24.4. The minimum atomic E-state index is -0.641. The van der Waals surface area contributed by atoms with E-state index in [0.29, 0.717) is 18.5 Å². The minimum absolute atomic E-state index is 0.153. The Labute approximate surface area is 215 Å². The fourth-order valence-corrected chi connectivity index (χ4v) is 6.98. The van der Waals surface area contributed by atoms with Crippen LogP contribution in [-0.2, 0) is 16.6 Å². The van der Waals surface area contributed by atoms with Gasteiger partial charge in [0.15, 0.2) is 0 Å². The zero-order valence-electron chi connectivity index (χ0n) is 21.0. The average Bonchev–Trinajstić information content (AvgIpc) is 3.47. The van der Waals surface area contributed by atoms with Crippen LogP contribution in [0.5, 0.6) is 0 Å². The lowest BCUT2D eigenvalue weighted by Crippen LogP contribution is -2.44. The first-order valence-corrected chi connectivity index (χ1v) is 13.7. The summed E-state index contributed by atoms with van der Waals surface area (Å²) in [7, 11) is 0. The molecule has 1 aliphatic heterocycles. The van der Waals surface area contributed by atoms with E-state index in [1.807, 2.05) is 0 Å². The molecule has 3 nitrogen and oxygen atoms in total. The molecule has 184 valence electrons. The Kier molecular flexibility index (Phi) is 6.39. The average molecular weight is 477 g/mol. The van der Waals surface area contributed by atoms with E-state index in [-0.39, 0.29) is 5.91 Å². The monoisotopic (exact) mass is 476 g/mol. The predicted molar refractivity (Wildman–Crippen MR) is 147 cm³/mol. The number of rotatable bonds is 8. The van der Waals surface area contributed by atoms with E-state index in [1.54, 1.807) is 0 Å². The van der Waals surface area contributed by atoms with E-state index < -0.39 is 5.41 Å². The second-order valence-corrected chi connectivity index (χ2v) is 10.7. The van der Waals surface area contributed by atoms with E-state index in [9.17, 15) is 4.79 Å². The molecule has 3 aromatic carbocycles. The van der Waals surface area contributed by atoms with Crippen molar-refractivity contribution in [2.24, 2.45) is 5.92 Å². The van der Waals surface area contributed by atoms with Gasteiger partial charge in [0.1, 0.15) is 5.41 Å². The molecule has 6 rings (SSSR count). The molecule has 2 unspecified atom stereocenters. The Morgan fingerprint density at radius 1 is 0.833 bits per heavy atom. The summed E-state index contributed by atoms with van der Waals surface area (Å²) >= 11 is 0. The lowest BCUT2D eigenvalue weighted by atomic mass is 9.73. The van der Waals surface area contributed by atoms with Gasteiger partial charge in [-0.25, -0.2) is 0 Å². The predicted octanol–water partition coefficient (Wildman–Crippen LogP) is 6.53. The molecule has 0 aromatic heterocycles. The number of nitrogens with one attached hydrogen (secondary N) is 2. The van der Waals surface area contributed by atoms with Crippen LogP contribution >= 0.6 is 0 Å². The standard InChI is InChI=1S/C33H36N2O/c36-32(34-22-20-25-23-35-31-19-9-6-14-26(25)31)33(21-10-13-24-11-2-1-3-12-24)29-17-7-4-15-27(29)28-16-5-8-18-30(28)33/h1-5,7-8,11-12,15-18,23,26,31,35H,6,9-10,13-14,19-22H2,(H,34,36). The molecule has 2 N–H and O–H groups in total. The molecule has 2 aliphatic carbocycles. The summed E-state index contributed by atoms with van der Waals surface area (Å²) in [6.07, 6.45) is 11.1. The smallest absolute Gasteiger partial charge is 0.235 e. The van der Waals surface area contributed by atoms with Crippen LogP contribution < -0.4 is 10.6 Å². The van der Waals surface area contributed by atoms with Crippen LogP contribution in [0.1, 0.15) is 61.6 Å². The van der Waals surface area contributed by atoms with Crippen molar-refractivity contribution in [2.45, 2.75) is 62.8 Å². The summed E-state index contributed by atoms with van der Waals surface area (Å²) in [5.41, 5.74) is 6.90. The van der Waals surface area contributed by atoms with Crippen molar-refractivity contribution in [3.8, 4) is 11.1 Å². The van der Waals surface area contributed by atoms with Crippen molar-refractivity contribution in [1.82, 2.24) is 10.6 Å². The van der Waals surface area contributed by atoms with Crippen LogP contribution in [-0.4, -0.2) is 18.5 Å². The van der Waals surface area contributed by atoms with Gasteiger partial charge in [-0.2, -0.15) is 0 Å². The largest absolute Gasteiger partial charge is 0.388 e. The maximum Gasteiger partial charge on any atom is 0.235 e. The van der Waals surface area contributed by atoms with Crippen molar-refractivity contribution < 1.29 is 4.79 Å². The van der Waals surface area contributed by atoms with Crippen LogP contribution in [0.2, 0.25) is 0 Å². The fourth-order valence-electron chi connectivity index (χ4n) is 6.98. The Morgan fingerprint density at radius 2 is 1.50 bits per heavy atom. The van der Waals surface area contributed by atoms with Crippen LogP contribution in [0.4, 0.5) is 0 Å². The second kappa shape index (κ2) is 9.97. The van der Waals surface area contributed by atoms with Gasteiger partial charge in [-0.3, -0.25) is 4.79 Å². The molecule has 1 heterocycles. The second-order valence-electron chi connectivity index (χ2n) is 10.7. The van der Waals surface area contributed by atoms with Gasteiger partial charge in [0.05, 0.1) is 0 Å². The van der Waals surface area contributed by atoms with Gasteiger partial charge >= 0.3 is 0 Å². The number of amides is 1. The van der Waals surface area contributed by atoms with Crippen LogP contribution in [0, 0.1) is 5.92 Å². The summed E-state index contributed by atoms with van der Waals surface area (Å²) in [5, 5.41) is 7.01. The highest BCUT2D eigenvalue weighted by molar-refractivity contribution is 6.00. The van der Waals surface area contributed by atoms with Gasteiger partial charge in [0, 0.05) is 18.5 Å². The highest BCUT2D eigenvalue weighted by atomic mass is 16.2. The third kappa shape index (κ3) is 4.05. The van der Waals surface area contributed by atoms with Crippen molar-refractivity contribution in [1.29, 1.82) is 0 Å². The number of carbonyl (C=O) groups excluding carboxylic acids is 1. The van der Waals surface area contributed by atoms with Crippen LogP contribution in [0.15, 0.2) is 90.6 Å². The molecule has 0 spiro atoms. The van der Waals surface area contributed by atoms with Crippen molar-refractivity contribution >= 4 is 5.91 Å². The fraction of sp³-hybridized carbons (Fsp3) is 0.364. The number of hydrogen-bond donors (Lipinski definition) is 2. The van der Waals surface area contributed by atoms with E-state index in [2.05, 4.69) is 95.7 Å². The summed E-state index contributed by atoms with van der Waals surface area (Å²) < 4.78 is 0. The third-order valence-corrected chi connectivity index (χ3v) is 8.74. The maximum absolute atomic E-state index is 14.2. The third-order valence-electron chi connectivity index (χ3n) is 8.74. The molecule has 0 radical (unpaired) electrons. The zero-order valence-corrected chi connectivity index (χ0v) is 21.0. The molecule has 36 heavy (non-hydrogen) atoms. The highest BCUT2D eigenvalue weighted by Gasteiger charge is 2.48. The van der Waals surface area contributed by atoms with E-state index in [1.165, 1.54) is 47.9 Å². The molecule has 3 aromatic rings. The molecule has 1 amide bonds. The van der Waals surface area contributed by atoms with Crippen molar-refractivity contribution in [3.05, 3.63) is 107 Å². The normalized spacial score (nSPS) is 21.1. The van der Waals surface area contributed by atoms with Gasteiger partial charge in [-0.05, 0) is 78.1 Å². The molecular formula is C33H36N2O. The van der Waals surface area contributed by atoms with E-state index >= 15 is 0 Å². The van der Waals surface area contributed by atoms with E-state index in [4.69, 9.17) is 0 Å².